The second-order valence-electron chi connectivity index (χ2n) is 7.66. The maximum atomic E-state index is 2.44. The summed E-state index contributed by atoms with van der Waals surface area (Å²) >= 11 is 1.51. The van der Waals surface area contributed by atoms with E-state index < -0.39 is 0 Å². The van der Waals surface area contributed by atoms with Gasteiger partial charge in [0, 0.05) is 0 Å². The zero-order chi connectivity index (χ0) is 18.9. The van der Waals surface area contributed by atoms with Crippen LogP contribution in [0.3, 0.4) is 0 Å². The van der Waals surface area contributed by atoms with E-state index in [1.165, 1.54) is 66.9 Å². The Morgan fingerprint density at radius 2 is 1.13 bits per heavy atom. The second-order valence-corrected chi connectivity index (χ2v) is 8.99. The number of fused-ring (bicyclic) bond motifs is 3. The molecule has 1 aliphatic rings. The monoisotopic (exact) mass is 505 g/mol. The van der Waals surface area contributed by atoms with Gasteiger partial charge in [0.1, 0.15) is 0 Å². The molecule has 0 spiro atoms. The van der Waals surface area contributed by atoms with Crippen LogP contribution in [-0.2, 0) is 44.0 Å². The van der Waals surface area contributed by atoms with Crippen LogP contribution in [-0.4, -0.2) is 0 Å². The summed E-state index contributed by atoms with van der Waals surface area (Å²) in [6, 6.07) is 33.5. The molecule has 0 atom stereocenters. The molecule has 0 saturated heterocycles. The van der Waals surface area contributed by atoms with E-state index in [1.807, 2.05) is 0 Å². The van der Waals surface area contributed by atoms with Crippen molar-refractivity contribution in [2.24, 2.45) is 0 Å². The predicted molar refractivity (Wildman–Crippen MR) is 113 cm³/mol. The molecule has 0 fully saturated rings. The van der Waals surface area contributed by atoms with Gasteiger partial charge in [0.05, 0.1) is 0 Å². The summed E-state index contributed by atoms with van der Waals surface area (Å²) in [5.41, 5.74) is 11.5. The Balaban J connectivity index is 0.00000128. The molecular weight excluding hydrogens is 486 g/mol. The topological polar surface area (TPSA) is 0 Å². The van der Waals surface area contributed by atoms with Crippen LogP contribution < -0.4 is 28.1 Å². The molecule has 0 aliphatic heterocycles. The van der Waals surface area contributed by atoms with Crippen LogP contribution in [0.2, 0.25) is 0 Å². The van der Waals surface area contributed by atoms with E-state index in [1.54, 1.807) is 5.56 Å². The molecule has 0 unspecified atom stereocenters. The third kappa shape index (κ3) is 4.80. The average molecular weight is 508 g/mol. The second kappa shape index (κ2) is 10.1. The van der Waals surface area contributed by atoms with Crippen LogP contribution in [0, 0.1) is 0 Å². The molecule has 147 valence electrons. The summed E-state index contributed by atoms with van der Waals surface area (Å²) < 4.78 is 1.51. The van der Waals surface area contributed by atoms with Crippen molar-refractivity contribution in [2.45, 2.75) is 19.3 Å². The first-order valence-electron chi connectivity index (χ1n) is 9.84. The molecule has 0 nitrogen and oxygen atoms in total. The van der Waals surface area contributed by atoms with Gasteiger partial charge in [0.2, 0.25) is 0 Å². The van der Waals surface area contributed by atoms with Crippen molar-refractivity contribution in [3.8, 4) is 11.1 Å². The van der Waals surface area contributed by atoms with Gasteiger partial charge in [-0.25, -0.2) is 0 Å². The van der Waals surface area contributed by atoms with E-state index in [-0.39, 0.29) is 24.8 Å². The van der Waals surface area contributed by atoms with Crippen molar-refractivity contribution in [2.75, 3.05) is 0 Å². The SMILES string of the molecule is [Cl-].[Cl-].[Zr+2][c]1cc(Cc2ccccc2)cc2c1Cc1ccc(Cc3ccccc3)cc1-2. The van der Waals surface area contributed by atoms with E-state index in [0.29, 0.717) is 0 Å². The molecule has 0 N–H and O–H groups in total. The van der Waals surface area contributed by atoms with Crippen molar-refractivity contribution in [1.29, 1.82) is 0 Å². The molecule has 30 heavy (non-hydrogen) atoms. The van der Waals surface area contributed by atoms with E-state index in [0.717, 1.165) is 19.3 Å². The molecular formula is C27H21Cl2Zr. The minimum atomic E-state index is 0. The molecule has 1 aliphatic carbocycles. The standard InChI is InChI=1S/C27H21.2ClH.Zr/c1-3-7-20(8-4-1)15-22-11-13-24-19-25-14-12-23(18-27(25)26(24)17-22)16-21-9-5-2-6-10-21;;;/h1-13,17-18H,15-16,19H2;2*1H;/q;;;+2/p-2. The van der Waals surface area contributed by atoms with Crippen LogP contribution in [0.1, 0.15) is 33.4 Å². The molecule has 3 heteroatoms. The normalized spacial score (nSPS) is 11.1. The fourth-order valence-electron chi connectivity index (χ4n) is 4.26. The third-order valence-corrected chi connectivity index (χ3v) is 6.74. The zero-order valence-corrected chi connectivity index (χ0v) is 20.5. The molecule has 0 aromatic heterocycles. The van der Waals surface area contributed by atoms with Gasteiger partial charge in [-0.05, 0) is 0 Å². The van der Waals surface area contributed by atoms with Gasteiger partial charge >= 0.3 is 183 Å². The average Bonchev–Trinajstić information content (AvgIpc) is 3.08. The van der Waals surface area contributed by atoms with E-state index in [4.69, 9.17) is 0 Å². The van der Waals surface area contributed by atoms with Crippen LogP contribution in [0.15, 0.2) is 91.0 Å². The summed E-state index contributed by atoms with van der Waals surface area (Å²) in [6.07, 6.45) is 3.09. The van der Waals surface area contributed by atoms with Gasteiger partial charge < -0.3 is 24.8 Å². The van der Waals surface area contributed by atoms with Gasteiger partial charge in [-0.1, -0.05) is 0 Å². The summed E-state index contributed by atoms with van der Waals surface area (Å²) in [5.74, 6) is 0. The molecule has 0 saturated carbocycles. The van der Waals surface area contributed by atoms with Crippen molar-refractivity contribution in [3.63, 3.8) is 0 Å². The quantitative estimate of drug-likeness (QED) is 0.311. The first-order chi connectivity index (χ1) is 13.8. The first kappa shape index (κ1) is 23.0. The fourth-order valence-corrected chi connectivity index (χ4v) is 5.26. The predicted octanol–water partition coefficient (Wildman–Crippen LogP) is -0.380. The van der Waals surface area contributed by atoms with Crippen molar-refractivity contribution in [1.82, 2.24) is 0 Å². The molecule has 4 aromatic rings. The third-order valence-electron chi connectivity index (χ3n) is 5.64. The fraction of sp³-hybridized carbons (Fsp3) is 0.111. The van der Waals surface area contributed by atoms with Crippen LogP contribution in [0.5, 0.6) is 0 Å². The van der Waals surface area contributed by atoms with E-state index in [9.17, 15) is 0 Å². The Labute approximate surface area is 206 Å². The van der Waals surface area contributed by atoms with Gasteiger partial charge in [0.15, 0.2) is 0 Å². The Bertz CT molecular complexity index is 1140. The van der Waals surface area contributed by atoms with Crippen LogP contribution in [0.25, 0.3) is 11.1 Å². The van der Waals surface area contributed by atoms with Gasteiger partial charge in [-0.15, -0.1) is 0 Å². The van der Waals surface area contributed by atoms with Crippen molar-refractivity contribution < 1.29 is 49.5 Å². The van der Waals surface area contributed by atoms with E-state index >= 15 is 0 Å². The van der Waals surface area contributed by atoms with Gasteiger partial charge in [-0.3, -0.25) is 0 Å². The summed E-state index contributed by atoms with van der Waals surface area (Å²) in [6.45, 7) is 0. The van der Waals surface area contributed by atoms with Crippen LogP contribution in [0.4, 0.5) is 0 Å². The number of rotatable bonds is 4. The Morgan fingerprint density at radius 1 is 0.567 bits per heavy atom. The van der Waals surface area contributed by atoms with Gasteiger partial charge in [-0.2, -0.15) is 0 Å². The molecule has 5 rings (SSSR count). The van der Waals surface area contributed by atoms with Gasteiger partial charge in [0.25, 0.3) is 0 Å². The molecule has 0 amide bonds. The molecule has 4 aromatic carbocycles. The zero-order valence-electron chi connectivity index (χ0n) is 16.5. The Hall–Kier alpha value is -1.66. The van der Waals surface area contributed by atoms with Crippen molar-refractivity contribution in [3.05, 3.63) is 124 Å². The Kier molecular flexibility index (Phi) is 7.75. The van der Waals surface area contributed by atoms with Crippen LogP contribution >= 0.6 is 0 Å². The summed E-state index contributed by atoms with van der Waals surface area (Å²) in [4.78, 5) is 0. The molecule has 0 bridgehead atoms. The number of hydrogen-bond donors (Lipinski definition) is 0. The summed E-state index contributed by atoms with van der Waals surface area (Å²) in [5, 5.41) is 0. The first-order valence-corrected chi connectivity index (χ1v) is 11.1. The minimum absolute atomic E-state index is 0. The summed E-state index contributed by atoms with van der Waals surface area (Å²) in [7, 11) is 0. The number of hydrogen-bond acceptors (Lipinski definition) is 0. The Morgan fingerprint density at radius 3 is 1.77 bits per heavy atom. The number of benzene rings is 4. The molecule has 0 radical (unpaired) electrons. The van der Waals surface area contributed by atoms with E-state index in [2.05, 4.69) is 91.0 Å². The number of halogens is 2. The molecule has 0 heterocycles. The van der Waals surface area contributed by atoms with Crippen molar-refractivity contribution >= 4 is 3.27 Å². The maximum absolute atomic E-state index is 2.44.